The van der Waals surface area contributed by atoms with Crippen molar-refractivity contribution < 1.29 is 4.79 Å². The number of nitrogens with zero attached hydrogens (tertiary/aromatic N) is 1. The first-order valence-electron chi connectivity index (χ1n) is 5.90. The van der Waals surface area contributed by atoms with Crippen molar-refractivity contribution in [3.63, 3.8) is 0 Å². The van der Waals surface area contributed by atoms with Gasteiger partial charge >= 0.3 is 0 Å². The number of hydrogen-bond acceptors (Lipinski definition) is 2. The van der Waals surface area contributed by atoms with Crippen LogP contribution in [0.25, 0.3) is 0 Å². The lowest BCUT2D eigenvalue weighted by Crippen LogP contribution is -2.39. The highest BCUT2D eigenvalue weighted by Gasteiger charge is 2.28. The first-order valence-corrected chi connectivity index (χ1v) is 6.70. The van der Waals surface area contributed by atoms with E-state index in [1.54, 1.807) is 0 Å². The molecule has 0 bridgehead atoms. The Morgan fingerprint density at radius 3 is 2.89 bits per heavy atom. The Bertz CT molecular complexity index is 439. The van der Waals surface area contributed by atoms with E-state index in [2.05, 4.69) is 15.9 Å². The third-order valence-corrected chi connectivity index (χ3v) is 4.20. The molecule has 0 saturated carbocycles. The molecular formula is C13H18BrClN2O. The van der Waals surface area contributed by atoms with E-state index < -0.39 is 0 Å². The molecule has 1 unspecified atom stereocenters. The van der Waals surface area contributed by atoms with E-state index in [0.717, 1.165) is 35.0 Å². The van der Waals surface area contributed by atoms with Crippen molar-refractivity contribution in [2.75, 3.05) is 13.1 Å². The first-order chi connectivity index (χ1) is 8.13. The number of amides is 1. The molecule has 1 saturated heterocycles. The maximum absolute atomic E-state index is 12.3. The van der Waals surface area contributed by atoms with Gasteiger partial charge in [0.05, 0.1) is 0 Å². The van der Waals surface area contributed by atoms with Gasteiger partial charge in [0.25, 0.3) is 5.91 Å². The number of halogens is 2. The highest BCUT2D eigenvalue weighted by molar-refractivity contribution is 9.10. The van der Waals surface area contributed by atoms with E-state index in [-0.39, 0.29) is 24.4 Å². The van der Waals surface area contributed by atoms with Gasteiger partial charge in [-0.1, -0.05) is 15.9 Å². The minimum atomic E-state index is 0. The summed E-state index contributed by atoms with van der Waals surface area (Å²) in [5.74, 6) is 0.105. The van der Waals surface area contributed by atoms with Crippen LogP contribution in [-0.4, -0.2) is 29.9 Å². The summed E-state index contributed by atoms with van der Waals surface area (Å²) < 4.78 is 1.03. The molecule has 0 aromatic heterocycles. The summed E-state index contributed by atoms with van der Waals surface area (Å²) in [5.41, 5.74) is 7.53. The van der Waals surface area contributed by atoms with Crippen molar-refractivity contribution in [1.82, 2.24) is 4.90 Å². The van der Waals surface area contributed by atoms with Gasteiger partial charge < -0.3 is 10.6 Å². The van der Waals surface area contributed by atoms with Crippen molar-refractivity contribution in [2.45, 2.75) is 25.8 Å². The summed E-state index contributed by atoms with van der Waals surface area (Å²) in [5, 5.41) is 0. The fourth-order valence-electron chi connectivity index (χ4n) is 2.29. The average molecular weight is 334 g/mol. The second kappa shape index (κ2) is 6.55. The van der Waals surface area contributed by atoms with Gasteiger partial charge in [-0.3, -0.25) is 4.79 Å². The van der Waals surface area contributed by atoms with Gasteiger partial charge in [0.15, 0.2) is 0 Å². The van der Waals surface area contributed by atoms with Crippen LogP contribution >= 0.6 is 28.3 Å². The molecule has 1 amide bonds. The third-order valence-electron chi connectivity index (χ3n) is 3.31. The van der Waals surface area contributed by atoms with Gasteiger partial charge in [0.2, 0.25) is 0 Å². The van der Waals surface area contributed by atoms with E-state index in [9.17, 15) is 4.79 Å². The van der Waals surface area contributed by atoms with Crippen molar-refractivity contribution in [3.8, 4) is 0 Å². The molecule has 5 heteroatoms. The van der Waals surface area contributed by atoms with Crippen molar-refractivity contribution in [1.29, 1.82) is 0 Å². The maximum Gasteiger partial charge on any atom is 0.254 e. The monoisotopic (exact) mass is 332 g/mol. The fraction of sp³-hybridized carbons (Fsp3) is 0.462. The molecule has 0 aliphatic carbocycles. The maximum atomic E-state index is 12.3. The number of carbonyl (C=O) groups excluding carboxylic acids is 1. The van der Waals surface area contributed by atoms with Crippen LogP contribution in [0.5, 0.6) is 0 Å². The Morgan fingerprint density at radius 2 is 2.28 bits per heavy atom. The van der Waals surface area contributed by atoms with Gasteiger partial charge in [0, 0.05) is 29.2 Å². The molecule has 0 spiro atoms. The molecule has 1 aromatic rings. The number of carbonyl (C=O) groups is 1. The average Bonchev–Trinajstić information content (AvgIpc) is 2.80. The van der Waals surface area contributed by atoms with Gasteiger partial charge in [0.1, 0.15) is 0 Å². The third kappa shape index (κ3) is 3.05. The SMILES string of the molecule is Cc1cc(C(=O)N2CCCC2CN)ccc1Br.Cl. The minimum Gasteiger partial charge on any atom is -0.334 e. The van der Waals surface area contributed by atoms with Gasteiger partial charge in [-0.25, -0.2) is 0 Å². The van der Waals surface area contributed by atoms with Crippen LogP contribution < -0.4 is 5.73 Å². The summed E-state index contributed by atoms with van der Waals surface area (Å²) in [7, 11) is 0. The Kier molecular flexibility index (Phi) is 5.63. The molecular weight excluding hydrogens is 316 g/mol. The van der Waals surface area contributed by atoms with Gasteiger partial charge in [-0.2, -0.15) is 0 Å². The molecule has 1 heterocycles. The zero-order valence-electron chi connectivity index (χ0n) is 10.4. The smallest absolute Gasteiger partial charge is 0.254 e. The number of hydrogen-bond donors (Lipinski definition) is 1. The van der Waals surface area contributed by atoms with Crippen LogP contribution in [0.2, 0.25) is 0 Å². The van der Waals surface area contributed by atoms with Gasteiger partial charge in [-0.15, -0.1) is 12.4 Å². The predicted molar refractivity (Wildman–Crippen MR) is 79.2 cm³/mol. The summed E-state index contributed by atoms with van der Waals surface area (Å²) >= 11 is 3.44. The Hall–Kier alpha value is -0.580. The van der Waals surface area contributed by atoms with Crippen LogP contribution in [0, 0.1) is 6.92 Å². The zero-order chi connectivity index (χ0) is 12.4. The number of nitrogens with two attached hydrogens (primary N) is 1. The standard InChI is InChI=1S/C13H17BrN2O.ClH/c1-9-7-10(4-5-12(9)14)13(17)16-6-2-3-11(16)8-15;/h4-5,7,11H,2-3,6,8,15H2,1H3;1H. The largest absolute Gasteiger partial charge is 0.334 e. The fourth-order valence-corrected chi connectivity index (χ4v) is 2.54. The van der Waals surface area contributed by atoms with Crippen molar-refractivity contribution >= 4 is 34.2 Å². The number of aryl methyl sites for hydroxylation is 1. The molecule has 0 radical (unpaired) electrons. The second-order valence-electron chi connectivity index (χ2n) is 4.49. The van der Waals surface area contributed by atoms with E-state index in [1.165, 1.54) is 0 Å². The van der Waals surface area contributed by atoms with E-state index in [0.29, 0.717) is 6.54 Å². The van der Waals surface area contributed by atoms with Crippen LogP contribution in [0.15, 0.2) is 22.7 Å². The predicted octanol–water partition coefficient (Wildman–Crippen LogP) is 2.74. The van der Waals surface area contributed by atoms with Crippen LogP contribution in [-0.2, 0) is 0 Å². The van der Waals surface area contributed by atoms with Crippen molar-refractivity contribution in [3.05, 3.63) is 33.8 Å². The van der Waals surface area contributed by atoms with E-state index >= 15 is 0 Å². The summed E-state index contributed by atoms with van der Waals surface area (Å²) in [6.07, 6.45) is 2.08. The lowest BCUT2D eigenvalue weighted by Gasteiger charge is -2.23. The Balaban J connectivity index is 0.00000162. The normalized spacial score (nSPS) is 18.6. The molecule has 18 heavy (non-hydrogen) atoms. The molecule has 1 fully saturated rings. The number of benzene rings is 1. The van der Waals surface area contributed by atoms with Crippen LogP contribution in [0.3, 0.4) is 0 Å². The Morgan fingerprint density at radius 1 is 1.56 bits per heavy atom. The topological polar surface area (TPSA) is 46.3 Å². The van der Waals surface area contributed by atoms with Gasteiger partial charge in [-0.05, 0) is 43.5 Å². The summed E-state index contributed by atoms with van der Waals surface area (Å²) in [6.45, 7) is 3.38. The van der Waals surface area contributed by atoms with E-state index in [4.69, 9.17) is 5.73 Å². The Labute approximate surface area is 122 Å². The quantitative estimate of drug-likeness (QED) is 0.904. The molecule has 2 rings (SSSR count). The number of likely N-dealkylation sites (tertiary alicyclic amines) is 1. The zero-order valence-corrected chi connectivity index (χ0v) is 12.8. The molecule has 2 N–H and O–H groups in total. The molecule has 3 nitrogen and oxygen atoms in total. The molecule has 1 aliphatic heterocycles. The first kappa shape index (κ1) is 15.5. The lowest BCUT2D eigenvalue weighted by molar-refractivity contribution is 0.0741. The highest BCUT2D eigenvalue weighted by Crippen LogP contribution is 2.22. The van der Waals surface area contributed by atoms with Crippen LogP contribution in [0.1, 0.15) is 28.8 Å². The highest BCUT2D eigenvalue weighted by atomic mass is 79.9. The van der Waals surface area contributed by atoms with Crippen LogP contribution in [0.4, 0.5) is 0 Å². The molecule has 1 aliphatic rings. The molecule has 1 atom stereocenters. The second-order valence-corrected chi connectivity index (χ2v) is 5.35. The number of rotatable bonds is 2. The molecule has 100 valence electrons. The summed E-state index contributed by atoms with van der Waals surface area (Å²) in [4.78, 5) is 14.2. The summed E-state index contributed by atoms with van der Waals surface area (Å²) in [6, 6.07) is 5.94. The molecule has 1 aromatic carbocycles. The minimum absolute atomic E-state index is 0. The van der Waals surface area contributed by atoms with Crippen molar-refractivity contribution in [2.24, 2.45) is 5.73 Å². The lowest BCUT2D eigenvalue weighted by atomic mass is 10.1. The van der Waals surface area contributed by atoms with E-state index in [1.807, 2.05) is 30.0 Å².